The van der Waals surface area contributed by atoms with Crippen LogP contribution in [0.3, 0.4) is 0 Å². The Bertz CT molecular complexity index is 258. The Kier molecular flexibility index (Phi) is 1.57. The van der Waals surface area contributed by atoms with Gasteiger partial charge in [-0.25, -0.2) is 0 Å². The number of aryl methyl sites for hydroxylation is 1. The normalized spacial score (nSPS) is 21.3. The van der Waals surface area contributed by atoms with Crippen molar-refractivity contribution in [2.45, 2.75) is 33.1 Å². The number of hydrogen-bond acceptors (Lipinski definition) is 1. The Labute approximate surface area is 72.3 Å². The topological polar surface area (TPSA) is 0 Å². The van der Waals surface area contributed by atoms with Gasteiger partial charge in [0.15, 0.2) is 0 Å². The second-order valence-electron chi connectivity index (χ2n) is 4.26. The van der Waals surface area contributed by atoms with E-state index < -0.39 is 0 Å². The van der Waals surface area contributed by atoms with Gasteiger partial charge in [0.25, 0.3) is 0 Å². The third-order valence-electron chi connectivity index (χ3n) is 2.57. The largest absolute Gasteiger partial charge is 0.152 e. The predicted octanol–water partition coefficient (Wildman–Crippen LogP) is 3.26. The number of thiophene rings is 1. The summed E-state index contributed by atoms with van der Waals surface area (Å²) in [5.41, 5.74) is 3.76. The molecule has 0 amide bonds. The fourth-order valence-electron chi connectivity index (χ4n) is 1.80. The number of hydrogen-bond donors (Lipinski definition) is 0. The SMILES string of the molecule is CC1(C)CCc2cscc2C1. The summed E-state index contributed by atoms with van der Waals surface area (Å²) in [7, 11) is 0. The molecule has 0 unspecified atom stereocenters. The Morgan fingerprint density at radius 1 is 1.27 bits per heavy atom. The Hall–Kier alpha value is -0.300. The summed E-state index contributed by atoms with van der Waals surface area (Å²) in [5, 5.41) is 4.63. The van der Waals surface area contributed by atoms with Gasteiger partial charge in [0.05, 0.1) is 0 Å². The molecule has 2 rings (SSSR count). The zero-order valence-corrected chi connectivity index (χ0v) is 8.00. The van der Waals surface area contributed by atoms with E-state index in [0.717, 1.165) is 0 Å². The van der Waals surface area contributed by atoms with Crippen LogP contribution in [0, 0.1) is 5.41 Å². The van der Waals surface area contributed by atoms with Gasteiger partial charge in [-0.3, -0.25) is 0 Å². The van der Waals surface area contributed by atoms with Crippen LogP contribution in [0.15, 0.2) is 10.8 Å². The van der Waals surface area contributed by atoms with Crippen molar-refractivity contribution < 1.29 is 0 Å². The smallest absolute Gasteiger partial charge is 0.00582 e. The van der Waals surface area contributed by atoms with E-state index in [-0.39, 0.29) is 0 Å². The highest BCUT2D eigenvalue weighted by molar-refractivity contribution is 7.08. The summed E-state index contributed by atoms with van der Waals surface area (Å²) < 4.78 is 0. The van der Waals surface area contributed by atoms with Gasteiger partial charge in [0.1, 0.15) is 0 Å². The maximum Gasteiger partial charge on any atom is -0.00582 e. The van der Waals surface area contributed by atoms with Gasteiger partial charge in [-0.15, -0.1) is 0 Å². The van der Waals surface area contributed by atoms with Crippen molar-refractivity contribution in [2.75, 3.05) is 0 Å². The van der Waals surface area contributed by atoms with E-state index in [1.165, 1.54) is 19.3 Å². The fraction of sp³-hybridized carbons (Fsp3) is 0.600. The van der Waals surface area contributed by atoms with Gasteiger partial charge in [-0.1, -0.05) is 13.8 Å². The molecule has 1 aliphatic rings. The molecule has 0 aliphatic heterocycles. The Morgan fingerprint density at radius 2 is 2.00 bits per heavy atom. The molecule has 1 heteroatoms. The molecule has 1 heterocycles. The lowest BCUT2D eigenvalue weighted by atomic mass is 9.76. The van der Waals surface area contributed by atoms with Crippen molar-refractivity contribution in [1.29, 1.82) is 0 Å². The van der Waals surface area contributed by atoms with Crippen LogP contribution in [0.5, 0.6) is 0 Å². The minimum absolute atomic E-state index is 0.550. The van der Waals surface area contributed by atoms with Crippen LogP contribution in [-0.4, -0.2) is 0 Å². The molecule has 0 saturated carbocycles. The molecule has 11 heavy (non-hydrogen) atoms. The van der Waals surface area contributed by atoms with Gasteiger partial charge < -0.3 is 0 Å². The molecule has 0 saturated heterocycles. The lowest BCUT2D eigenvalue weighted by molar-refractivity contribution is 0.316. The predicted molar refractivity (Wildman–Crippen MR) is 50.1 cm³/mol. The van der Waals surface area contributed by atoms with E-state index in [9.17, 15) is 0 Å². The molecule has 0 spiro atoms. The van der Waals surface area contributed by atoms with E-state index >= 15 is 0 Å². The first-order valence-electron chi connectivity index (χ1n) is 4.21. The lowest BCUT2D eigenvalue weighted by Gasteiger charge is -2.29. The maximum absolute atomic E-state index is 2.37. The highest BCUT2D eigenvalue weighted by Crippen LogP contribution is 2.35. The van der Waals surface area contributed by atoms with E-state index in [2.05, 4.69) is 24.6 Å². The van der Waals surface area contributed by atoms with E-state index in [0.29, 0.717) is 5.41 Å². The van der Waals surface area contributed by atoms with Crippen molar-refractivity contribution >= 4 is 11.3 Å². The second kappa shape index (κ2) is 2.34. The molecule has 0 radical (unpaired) electrons. The van der Waals surface area contributed by atoms with Gasteiger partial charge in [0.2, 0.25) is 0 Å². The van der Waals surface area contributed by atoms with Crippen molar-refractivity contribution in [1.82, 2.24) is 0 Å². The quantitative estimate of drug-likeness (QED) is 0.555. The summed E-state index contributed by atoms with van der Waals surface area (Å²) in [5.74, 6) is 0. The number of rotatable bonds is 0. The minimum Gasteiger partial charge on any atom is -0.152 e. The van der Waals surface area contributed by atoms with Crippen molar-refractivity contribution in [3.05, 3.63) is 21.9 Å². The first-order valence-corrected chi connectivity index (χ1v) is 5.16. The summed E-state index contributed by atoms with van der Waals surface area (Å²) >= 11 is 1.86. The lowest BCUT2D eigenvalue weighted by Crippen LogP contribution is -2.20. The van der Waals surface area contributed by atoms with Gasteiger partial charge in [0, 0.05) is 0 Å². The van der Waals surface area contributed by atoms with Crippen LogP contribution in [0.2, 0.25) is 0 Å². The highest BCUT2D eigenvalue weighted by Gasteiger charge is 2.25. The molecule has 0 bridgehead atoms. The molecule has 0 atom stereocenters. The molecular formula is C10H14S. The maximum atomic E-state index is 2.37. The van der Waals surface area contributed by atoms with Crippen LogP contribution in [0.25, 0.3) is 0 Å². The Balaban J connectivity index is 2.32. The molecular weight excluding hydrogens is 152 g/mol. The van der Waals surface area contributed by atoms with Gasteiger partial charge in [-0.05, 0) is 46.6 Å². The summed E-state index contributed by atoms with van der Waals surface area (Å²) in [6.45, 7) is 4.74. The van der Waals surface area contributed by atoms with Crippen LogP contribution in [-0.2, 0) is 12.8 Å². The zero-order chi connectivity index (χ0) is 7.90. The van der Waals surface area contributed by atoms with Gasteiger partial charge >= 0.3 is 0 Å². The first kappa shape index (κ1) is 7.35. The molecule has 0 nitrogen and oxygen atoms in total. The van der Waals surface area contributed by atoms with Crippen LogP contribution >= 0.6 is 11.3 Å². The van der Waals surface area contributed by atoms with Crippen molar-refractivity contribution in [2.24, 2.45) is 5.41 Å². The standard InChI is InChI=1S/C10H14S/c1-10(2)4-3-8-6-11-7-9(8)5-10/h6-7H,3-5H2,1-2H3. The van der Waals surface area contributed by atoms with E-state index in [4.69, 9.17) is 0 Å². The first-order chi connectivity index (χ1) is 5.17. The molecule has 0 N–H and O–H groups in total. The molecule has 0 fully saturated rings. The zero-order valence-electron chi connectivity index (χ0n) is 7.18. The average Bonchev–Trinajstić information content (AvgIpc) is 2.31. The summed E-state index contributed by atoms with van der Waals surface area (Å²) in [6.07, 6.45) is 3.94. The van der Waals surface area contributed by atoms with Crippen molar-refractivity contribution in [3.63, 3.8) is 0 Å². The van der Waals surface area contributed by atoms with Gasteiger partial charge in [-0.2, -0.15) is 11.3 Å². The molecule has 1 aromatic heterocycles. The average molecular weight is 166 g/mol. The summed E-state index contributed by atoms with van der Waals surface area (Å²) in [4.78, 5) is 0. The third kappa shape index (κ3) is 1.34. The van der Waals surface area contributed by atoms with Crippen LogP contribution in [0.4, 0.5) is 0 Å². The monoisotopic (exact) mass is 166 g/mol. The van der Waals surface area contributed by atoms with Crippen LogP contribution in [0.1, 0.15) is 31.4 Å². The minimum atomic E-state index is 0.550. The van der Waals surface area contributed by atoms with E-state index in [1.54, 1.807) is 11.1 Å². The van der Waals surface area contributed by atoms with E-state index in [1.807, 2.05) is 11.3 Å². The molecule has 0 aromatic carbocycles. The number of fused-ring (bicyclic) bond motifs is 1. The van der Waals surface area contributed by atoms with Crippen LogP contribution < -0.4 is 0 Å². The molecule has 1 aromatic rings. The molecule has 1 aliphatic carbocycles. The second-order valence-corrected chi connectivity index (χ2v) is 5.01. The summed E-state index contributed by atoms with van der Waals surface area (Å²) in [6, 6.07) is 0. The molecule has 60 valence electrons. The fourth-order valence-corrected chi connectivity index (χ4v) is 2.70. The Morgan fingerprint density at radius 3 is 2.82 bits per heavy atom. The van der Waals surface area contributed by atoms with Crippen molar-refractivity contribution in [3.8, 4) is 0 Å². The third-order valence-corrected chi connectivity index (χ3v) is 3.41. The highest BCUT2D eigenvalue weighted by atomic mass is 32.1.